The second kappa shape index (κ2) is 7.89. The van der Waals surface area contributed by atoms with E-state index in [9.17, 15) is 9.18 Å². The molecule has 4 rings (SSSR count). The van der Waals surface area contributed by atoms with Gasteiger partial charge in [0.1, 0.15) is 5.82 Å². The number of carbonyl (C=O) groups excluding carboxylic acids is 1. The number of benzene rings is 2. The van der Waals surface area contributed by atoms with Crippen molar-refractivity contribution in [2.75, 3.05) is 10.6 Å². The number of amides is 2. The maximum atomic E-state index is 13.9. The van der Waals surface area contributed by atoms with E-state index < -0.39 is 11.8 Å². The number of carbonyl (C=O) groups is 1. The molecule has 0 fully saturated rings. The van der Waals surface area contributed by atoms with Crippen LogP contribution in [0.3, 0.4) is 0 Å². The molecule has 2 aromatic heterocycles. The number of thiophene rings is 1. The Balaban J connectivity index is 1.48. The molecule has 0 radical (unpaired) electrons. The Hall–Kier alpha value is -3.45. The van der Waals surface area contributed by atoms with Crippen molar-refractivity contribution in [2.45, 2.75) is 13.8 Å². The van der Waals surface area contributed by atoms with Gasteiger partial charge in [-0.15, -0.1) is 11.3 Å². The molecule has 146 valence electrons. The average molecular weight is 407 g/mol. The first-order valence-corrected chi connectivity index (χ1v) is 9.76. The van der Waals surface area contributed by atoms with E-state index in [0.717, 1.165) is 26.6 Å². The van der Waals surface area contributed by atoms with Crippen LogP contribution in [0.25, 0.3) is 21.1 Å². The van der Waals surface area contributed by atoms with Crippen molar-refractivity contribution in [3.8, 4) is 21.1 Å². The fraction of sp³-hybridized carbons (Fsp3) is 0.0909. The largest absolute Gasteiger partial charge is 0.443 e. The fourth-order valence-electron chi connectivity index (χ4n) is 3.00. The number of aromatic nitrogens is 1. The Morgan fingerprint density at radius 2 is 1.86 bits per heavy atom. The molecule has 4 aromatic rings. The number of aryl methyl sites for hydroxylation is 2. The molecule has 0 unspecified atom stereocenters. The lowest BCUT2D eigenvalue weighted by Gasteiger charge is -2.11. The number of anilines is 2. The molecule has 5 nitrogen and oxygen atoms in total. The van der Waals surface area contributed by atoms with Crippen LogP contribution in [0.15, 0.2) is 65.5 Å². The van der Waals surface area contributed by atoms with E-state index in [-0.39, 0.29) is 5.69 Å². The van der Waals surface area contributed by atoms with Crippen molar-refractivity contribution < 1.29 is 13.6 Å². The highest BCUT2D eigenvalue weighted by Crippen LogP contribution is 2.38. The molecule has 0 spiro atoms. The third kappa shape index (κ3) is 4.05. The van der Waals surface area contributed by atoms with E-state index in [4.69, 9.17) is 4.42 Å². The first kappa shape index (κ1) is 18.9. The van der Waals surface area contributed by atoms with Gasteiger partial charge >= 0.3 is 6.03 Å². The lowest BCUT2D eigenvalue weighted by Crippen LogP contribution is -2.20. The number of nitrogens with one attached hydrogen (secondary N) is 2. The highest BCUT2D eigenvalue weighted by molar-refractivity contribution is 7.19. The van der Waals surface area contributed by atoms with Gasteiger partial charge in [0.15, 0.2) is 12.2 Å². The number of hydrogen-bond donors (Lipinski definition) is 2. The number of oxazole rings is 1. The van der Waals surface area contributed by atoms with Gasteiger partial charge in [0.05, 0.1) is 16.8 Å². The van der Waals surface area contributed by atoms with Crippen molar-refractivity contribution in [1.82, 2.24) is 4.98 Å². The van der Waals surface area contributed by atoms with E-state index in [0.29, 0.717) is 11.3 Å². The van der Waals surface area contributed by atoms with E-state index in [1.54, 1.807) is 36.6 Å². The first-order valence-electron chi connectivity index (χ1n) is 8.94. The highest BCUT2D eigenvalue weighted by Gasteiger charge is 2.13. The summed E-state index contributed by atoms with van der Waals surface area (Å²) in [5, 5.41) is 5.29. The summed E-state index contributed by atoms with van der Waals surface area (Å²) in [7, 11) is 0. The van der Waals surface area contributed by atoms with Crippen LogP contribution < -0.4 is 10.6 Å². The van der Waals surface area contributed by atoms with Crippen molar-refractivity contribution in [3.63, 3.8) is 0 Å². The fourth-order valence-corrected chi connectivity index (χ4v) is 4.13. The molecule has 2 heterocycles. The summed E-state index contributed by atoms with van der Waals surface area (Å²) in [6.45, 7) is 3.78. The Labute approximate surface area is 171 Å². The normalized spacial score (nSPS) is 10.7. The summed E-state index contributed by atoms with van der Waals surface area (Å²) in [5.74, 6) is 0.272. The number of nitrogens with zero attached hydrogens (tertiary/aromatic N) is 1. The summed E-state index contributed by atoms with van der Waals surface area (Å²) in [6.07, 6.45) is 3.11. The van der Waals surface area contributed by atoms with Crippen molar-refractivity contribution in [1.29, 1.82) is 0 Å². The zero-order chi connectivity index (χ0) is 20.4. The Morgan fingerprint density at radius 1 is 1.07 bits per heavy atom. The number of para-hydroxylation sites is 1. The molecule has 0 saturated heterocycles. The van der Waals surface area contributed by atoms with Gasteiger partial charge in [-0.3, -0.25) is 0 Å². The number of urea groups is 1. The van der Waals surface area contributed by atoms with Gasteiger partial charge in [-0.1, -0.05) is 24.3 Å². The molecule has 2 amide bonds. The van der Waals surface area contributed by atoms with Gasteiger partial charge in [-0.05, 0) is 54.8 Å². The molecular formula is C22H18FN3O2S. The topological polar surface area (TPSA) is 67.2 Å². The molecular weight excluding hydrogens is 389 g/mol. The Bertz CT molecular complexity index is 1130. The minimum Gasteiger partial charge on any atom is -0.443 e. The van der Waals surface area contributed by atoms with Crippen LogP contribution in [0.2, 0.25) is 0 Å². The number of rotatable bonds is 4. The van der Waals surface area contributed by atoms with Gasteiger partial charge in [0, 0.05) is 10.6 Å². The van der Waals surface area contributed by atoms with Gasteiger partial charge in [-0.25, -0.2) is 14.2 Å². The van der Waals surface area contributed by atoms with Gasteiger partial charge in [-0.2, -0.15) is 0 Å². The number of hydrogen-bond acceptors (Lipinski definition) is 4. The molecule has 0 aliphatic heterocycles. The maximum absolute atomic E-state index is 13.9. The minimum atomic E-state index is -0.495. The Kier molecular flexibility index (Phi) is 5.14. The van der Waals surface area contributed by atoms with Gasteiger partial charge in [0.25, 0.3) is 0 Å². The SMILES string of the molecule is Cc1cc(-c2cnco2)sc1-c1ccc(NC(=O)Nc2c(C)cccc2F)cc1. The standard InChI is InChI=1S/C22H18FN3O2S/c1-13-4-3-5-17(23)20(13)26-22(27)25-16-8-6-15(7-9-16)21-14(2)10-19(29-21)18-11-24-12-28-18/h3-12H,1-2H3,(H2,25,26,27). The second-order valence-corrected chi connectivity index (χ2v) is 7.63. The Morgan fingerprint density at radius 3 is 2.55 bits per heavy atom. The van der Waals surface area contributed by atoms with Crippen LogP contribution in [0, 0.1) is 19.7 Å². The van der Waals surface area contributed by atoms with Crippen LogP contribution >= 0.6 is 11.3 Å². The van der Waals surface area contributed by atoms with Gasteiger partial charge < -0.3 is 15.1 Å². The minimum absolute atomic E-state index is 0.177. The molecule has 0 atom stereocenters. The maximum Gasteiger partial charge on any atom is 0.323 e. The molecule has 2 aromatic carbocycles. The van der Waals surface area contributed by atoms with Crippen LogP contribution in [0.4, 0.5) is 20.6 Å². The summed E-state index contributed by atoms with van der Waals surface area (Å²) >= 11 is 1.62. The molecule has 2 N–H and O–H groups in total. The summed E-state index contributed by atoms with van der Waals surface area (Å²) in [5.41, 5.74) is 3.62. The van der Waals surface area contributed by atoms with E-state index in [1.165, 1.54) is 12.5 Å². The zero-order valence-corrected chi connectivity index (χ0v) is 16.6. The molecule has 0 saturated carbocycles. The van der Waals surface area contributed by atoms with Crippen LogP contribution in [-0.2, 0) is 0 Å². The predicted molar refractivity (Wildman–Crippen MR) is 114 cm³/mol. The van der Waals surface area contributed by atoms with E-state index >= 15 is 0 Å². The smallest absolute Gasteiger partial charge is 0.323 e. The molecule has 29 heavy (non-hydrogen) atoms. The third-order valence-corrected chi connectivity index (χ3v) is 5.76. The number of halogens is 1. The van der Waals surface area contributed by atoms with Crippen LogP contribution in [0.1, 0.15) is 11.1 Å². The average Bonchev–Trinajstić information content (AvgIpc) is 3.35. The van der Waals surface area contributed by atoms with Crippen LogP contribution in [-0.4, -0.2) is 11.0 Å². The van der Waals surface area contributed by atoms with E-state index in [1.807, 2.05) is 31.2 Å². The van der Waals surface area contributed by atoms with Crippen molar-refractivity contribution in [3.05, 3.63) is 78.1 Å². The van der Waals surface area contributed by atoms with Gasteiger partial charge in [0.2, 0.25) is 0 Å². The predicted octanol–water partition coefficient (Wildman–Crippen LogP) is 6.47. The highest BCUT2D eigenvalue weighted by atomic mass is 32.1. The quantitative estimate of drug-likeness (QED) is 0.407. The van der Waals surface area contributed by atoms with Crippen molar-refractivity contribution in [2.24, 2.45) is 0 Å². The van der Waals surface area contributed by atoms with E-state index in [2.05, 4.69) is 21.7 Å². The molecule has 0 bridgehead atoms. The second-order valence-electron chi connectivity index (χ2n) is 6.58. The van der Waals surface area contributed by atoms with Crippen molar-refractivity contribution >= 4 is 28.7 Å². The molecule has 0 aliphatic carbocycles. The molecule has 0 aliphatic rings. The first-order chi connectivity index (χ1) is 14.0. The van der Waals surface area contributed by atoms with Crippen LogP contribution in [0.5, 0.6) is 0 Å². The summed E-state index contributed by atoms with van der Waals surface area (Å²) < 4.78 is 19.3. The monoisotopic (exact) mass is 407 g/mol. The lowest BCUT2D eigenvalue weighted by atomic mass is 10.1. The summed E-state index contributed by atoms with van der Waals surface area (Å²) in [6, 6.07) is 13.7. The molecule has 7 heteroatoms. The lowest BCUT2D eigenvalue weighted by molar-refractivity contribution is 0.262. The zero-order valence-electron chi connectivity index (χ0n) is 15.8. The third-order valence-electron chi connectivity index (χ3n) is 4.46. The summed E-state index contributed by atoms with van der Waals surface area (Å²) in [4.78, 5) is 18.3.